The van der Waals surface area contributed by atoms with Crippen molar-refractivity contribution in [2.24, 2.45) is 41.2 Å². The fraction of sp³-hybridized carbons (Fsp3) is 0.611. The van der Waals surface area contributed by atoms with E-state index in [1.807, 2.05) is 31.1 Å². The molecule has 7 atom stereocenters. The molecular weight excluding hydrogens is 586 g/mol. The largest absolute Gasteiger partial charge is 0.507 e. The highest BCUT2D eigenvalue weighted by Crippen LogP contribution is 2.53. The van der Waals surface area contributed by atoms with Crippen LogP contribution < -0.4 is 10.6 Å². The van der Waals surface area contributed by atoms with Gasteiger partial charge in [-0.2, -0.15) is 0 Å². The Morgan fingerprint density at radius 3 is 2.33 bits per heavy atom. The molecule has 10 heteroatoms. The third-order valence-electron chi connectivity index (χ3n) is 11.7. The van der Waals surface area contributed by atoms with Crippen molar-refractivity contribution in [3.63, 3.8) is 0 Å². The number of aromatic hydroxyl groups is 1. The Hall–Kier alpha value is -3.34. The molecular formula is C36H47N3O7. The number of aliphatic hydroxyl groups excluding tert-OH is 1. The predicted molar refractivity (Wildman–Crippen MR) is 173 cm³/mol. The van der Waals surface area contributed by atoms with Gasteiger partial charge in [-0.05, 0) is 87.6 Å². The lowest BCUT2D eigenvalue weighted by Gasteiger charge is -2.55. The number of Topliss-reactive ketones (excluding diaryl/α,β-unsaturated/α-hetero) is 3. The van der Waals surface area contributed by atoms with E-state index in [2.05, 4.69) is 13.0 Å². The number of carbonyl (C=O) groups excluding carboxylic acids is 4. The highest BCUT2D eigenvalue weighted by atomic mass is 16.3. The number of ketones is 3. The van der Waals surface area contributed by atoms with Crippen LogP contribution >= 0.6 is 0 Å². The molecule has 5 aliphatic rings. The first kappa shape index (κ1) is 32.6. The summed E-state index contributed by atoms with van der Waals surface area (Å²) in [7, 11) is 7.02. The van der Waals surface area contributed by atoms with Crippen LogP contribution in [0.25, 0.3) is 5.57 Å². The number of carbonyl (C=O) groups is 4. The summed E-state index contributed by atoms with van der Waals surface area (Å²) in [6.07, 6.45) is 9.58. The zero-order valence-corrected chi connectivity index (χ0v) is 27.5. The molecule has 3 saturated carbocycles. The zero-order chi connectivity index (χ0) is 33.4. The molecule has 1 aromatic carbocycles. The molecule has 1 aromatic rings. The van der Waals surface area contributed by atoms with Gasteiger partial charge < -0.3 is 30.9 Å². The summed E-state index contributed by atoms with van der Waals surface area (Å²) in [6.45, 7) is 2.31. The molecule has 0 aliphatic heterocycles. The van der Waals surface area contributed by atoms with Gasteiger partial charge in [-0.15, -0.1) is 0 Å². The number of allylic oxidation sites excluding steroid dienone is 4. The minimum absolute atomic E-state index is 0.0485. The fourth-order valence-electron chi connectivity index (χ4n) is 9.32. The van der Waals surface area contributed by atoms with Crippen molar-refractivity contribution in [3.8, 4) is 5.75 Å². The third-order valence-corrected chi connectivity index (χ3v) is 11.7. The number of hydrogen-bond donors (Lipinski definition) is 4. The van der Waals surface area contributed by atoms with Crippen molar-refractivity contribution in [2.75, 3.05) is 33.1 Å². The Bertz CT molecular complexity index is 1550. The zero-order valence-electron chi connectivity index (χ0n) is 27.5. The molecule has 0 heterocycles. The van der Waals surface area contributed by atoms with Crippen LogP contribution in [0.5, 0.6) is 5.75 Å². The molecule has 0 spiro atoms. The number of nitrogens with zero attached hydrogens (tertiary/aromatic N) is 2. The molecule has 0 aromatic heterocycles. The van der Waals surface area contributed by atoms with Crippen LogP contribution in [-0.4, -0.2) is 89.4 Å². The number of anilines is 1. The van der Waals surface area contributed by atoms with Crippen LogP contribution in [0.4, 0.5) is 5.69 Å². The molecule has 3 unspecified atom stereocenters. The molecule has 10 nitrogen and oxygen atoms in total. The molecule has 1 amide bonds. The maximum Gasteiger partial charge on any atom is 0.230 e. The monoisotopic (exact) mass is 633 g/mol. The summed E-state index contributed by atoms with van der Waals surface area (Å²) in [5, 5.41) is 34.8. The van der Waals surface area contributed by atoms with E-state index in [9.17, 15) is 34.5 Å². The average Bonchev–Trinajstić information content (AvgIpc) is 3.44. The molecule has 6 rings (SSSR count). The van der Waals surface area contributed by atoms with Gasteiger partial charge in [0.2, 0.25) is 5.91 Å². The van der Waals surface area contributed by atoms with Gasteiger partial charge in [0, 0.05) is 37.3 Å². The predicted octanol–water partition coefficient (Wildman–Crippen LogP) is 2.65. The van der Waals surface area contributed by atoms with Crippen LogP contribution in [0.2, 0.25) is 0 Å². The van der Waals surface area contributed by atoms with E-state index in [-0.39, 0.29) is 24.2 Å². The average molecular weight is 634 g/mol. The summed E-state index contributed by atoms with van der Waals surface area (Å²) >= 11 is 0. The van der Waals surface area contributed by atoms with Crippen LogP contribution in [0.3, 0.4) is 0 Å². The lowest BCUT2D eigenvalue weighted by atomic mass is 9.52. The van der Waals surface area contributed by atoms with E-state index in [1.165, 1.54) is 31.3 Å². The van der Waals surface area contributed by atoms with E-state index < -0.39 is 64.7 Å². The summed E-state index contributed by atoms with van der Waals surface area (Å²) in [4.78, 5) is 58.1. The standard InChI is InChI=1S/C36H47N3O7/c1-17-6-8-18(9-7-17)12-19-10-11-20(13-19)22-16-25(38(2)3)23-14-21-15-24-29(39(4)5)32(42)28(35(37)45)34(44)36(24,46)33(43)26(21)31(41)27(23)30(22)40/h10-11,16-18,21,24,26,28-29,32,40,42,46H,6-9,12-15H2,1-5H3,(H2,37,45)/t17?,18?,21-,24-,26?,28?,29-,32?,36-/m1/s1. The number of aliphatic hydroxyl groups is 2. The smallest absolute Gasteiger partial charge is 0.230 e. The van der Waals surface area contributed by atoms with Gasteiger partial charge >= 0.3 is 0 Å². The Morgan fingerprint density at radius 2 is 1.72 bits per heavy atom. The maximum atomic E-state index is 14.4. The molecule has 5 N–H and O–H groups in total. The van der Waals surface area contributed by atoms with Crippen LogP contribution in [0.1, 0.15) is 73.4 Å². The van der Waals surface area contributed by atoms with E-state index >= 15 is 0 Å². The third kappa shape index (κ3) is 4.95. The van der Waals surface area contributed by atoms with Crippen molar-refractivity contribution in [2.45, 2.75) is 76.0 Å². The molecule has 0 bridgehead atoms. The van der Waals surface area contributed by atoms with Crippen molar-refractivity contribution in [1.82, 2.24) is 4.90 Å². The molecule has 46 heavy (non-hydrogen) atoms. The normalized spacial score (nSPS) is 35.7. The molecule has 0 saturated heterocycles. The number of fused-ring (bicyclic) bond motifs is 3. The SMILES string of the molecule is CC1CCC(CC2=CC=C(c3cc(N(C)C)c4c(c3O)C(=O)C3C(=O)[C@@]5(O)C(=O)C(C(N)=O)C(O)[C@H](N(C)C)[C@H]5C[C@H]3C4)C2)CC1. The minimum atomic E-state index is -2.68. The Labute approximate surface area is 270 Å². The van der Waals surface area contributed by atoms with E-state index in [0.29, 0.717) is 23.5 Å². The molecule has 3 fully saturated rings. The molecule has 0 radical (unpaired) electrons. The van der Waals surface area contributed by atoms with Gasteiger partial charge in [-0.25, -0.2) is 0 Å². The number of benzene rings is 1. The Morgan fingerprint density at radius 1 is 1.04 bits per heavy atom. The number of primary amides is 1. The summed E-state index contributed by atoms with van der Waals surface area (Å²) in [5.41, 5.74) is 6.99. The van der Waals surface area contributed by atoms with Crippen molar-refractivity contribution in [1.29, 1.82) is 0 Å². The van der Waals surface area contributed by atoms with Gasteiger partial charge in [-0.3, -0.25) is 19.2 Å². The highest BCUT2D eigenvalue weighted by molar-refractivity contribution is 6.26. The molecule has 248 valence electrons. The number of nitrogens with two attached hydrogens (primary N) is 1. The number of likely N-dealkylation sites (N-methyl/N-ethyl adjacent to an activating group) is 1. The van der Waals surface area contributed by atoms with Crippen LogP contribution in [-0.2, 0) is 20.8 Å². The molecule has 5 aliphatic carbocycles. The van der Waals surface area contributed by atoms with Gasteiger partial charge in [-0.1, -0.05) is 37.5 Å². The highest BCUT2D eigenvalue weighted by Gasteiger charge is 2.69. The number of hydrogen-bond acceptors (Lipinski definition) is 9. The Balaban J connectivity index is 1.36. The second-order valence-corrected chi connectivity index (χ2v) is 15.0. The van der Waals surface area contributed by atoms with E-state index in [1.54, 1.807) is 19.0 Å². The van der Waals surface area contributed by atoms with Gasteiger partial charge in [0.15, 0.2) is 23.0 Å². The number of rotatable bonds is 6. The van der Waals surface area contributed by atoms with E-state index in [0.717, 1.165) is 23.6 Å². The summed E-state index contributed by atoms with van der Waals surface area (Å²) < 4.78 is 0. The van der Waals surface area contributed by atoms with Crippen LogP contribution in [0.15, 0.2) is 23.8 Å². The number of amides is 1. The fourth-order valence-corrected chi connectivity index (χ4v) is 9.32. The first-order chi connectivity index (χ1) is 21.7. The van der Waals surface area contributed by atoms with E-state index in [4.69, 9.17) is 5.73 Å². The Kier molecular flexibility index (Phi) is 8.30. The van der Waals surface area contributed by atoms with Gasteiger partial charge in [0.1, 0.15) is 11.7 Å². The number of phenolic OH excluding ortho intramolecular Hbond substituents is 1. The van der Waals surface area contributed by atoms with Crippen molar-refractivity contribution < 1.29 is 34.5 Å². The second-order valence-electron chi connectivity index (χ2n) is 15.0. The first-order valence-corrected chi connectivity index (χ1v) is 16.6. The quantitative estimate of drug-likeness (QED) is 0.345. The topological polar surface area (TPSA) is 161 Å². The summed E-state index contributed by atoms with van der Waals surface area (Å²) in [5.74, 6) is -7.50. The number of phenols is 1. The maximum absolute atomic E-state index is 14.4. The lowest BCUT2D eigenvalue weighted by molar-refractivity contribution is -0.190. The van der Waals surface area contributed by atoms with Crippen molar-refractivity contribution >= 4 is 34.5 Å². The van der Waals surface area contributed by atoms with Crippen molar-refractivity contribution in [3.05, 3.63) is 40.5 Å². The van der Waals surface area contributed by atoms with Gasteiger partial charge in [0.25, 0.3) is 0 Å². The second kappa shape index (κ2) is 11.7. The first-order valence-electron chi connectivity index (χ1n) is 16.6. The summed E-state index contributed by atoms with van der Waals surface area (Å²) in [6, 6.07) is 0.987. The van der Waals surface area contributed by atoms with Gasteiger partial charge in [0.05, 0.1) is 17.6 Å². The minimum Gasteiger partial charge on any atom is -0.507 e. The van der Waals surface area contributed by atoms with Crippen LogP contribution in [0, 0.1) is 35.5 Å². The lowest BCUT2D eigenvalue weighted by Crippen LogP contribution is -2.75.